The third kappa shape index (κ3) is 1.78. The van der Waals surface area contributed by atoms with E-state index in [2.05, 4.69) is 23.3 Å². The zero-order valence-corrected chi connectivity index (χ0v) is 10.2. The lowest BCUT2D eigenvalue weighted by Gasteiger charge is -2.39. The molecule has 88 valence electrons. The summed E-state index contributed by atoms with van der Waals surface area (Å²) in [6.07, 6.45) is 6.94. The van der Waals surface area contributed by atoms with Gasteiger partial charge < -0.3 is 5.32 Å². The normalized spacial score (nSPS) is 20.2. The summed E-state index contributed by atoms with van der Waals surface area (Å²) in [4.78, 5) is 4.66. The number of nitriles is 1. The van der Waals surface area contributed by atoms with Gasteiger partial charge in [-0.25, -0.2) is 4.98 Å². The van der Waals surface area contributed by atoms with E-state index in [0.29, 0.717) is 5.56 Å². The van der Waals surface area contributed by atoms with Crippen molar-refractivity contribution in [3.63, 3.8) is 0 Å². The summed E-state index contributed by atoms with van der Waals surface area (Å²) in [5, 5.41) is 12.7. The first-order valence-electron chi connectivity index (χ1n) is 6.41. The van der Waals surface area contributed by atoms with Gasteiger partial charge in [0.25, 0.3) is 0 Å². The van der Waals surface area contributed by atoms with Crippen LogP contribution < -0.4 is 5.32 Å². The number of hydrogen-bond donors (Lipinski definition) is 1. The minimum atomic E-state index is 0.158. The molecule has 3 nitrogen and oxygen atoms in total. The standard InChI is InChI=1S/C14H17N3/c1-14(6-3-7-14)17-13-11(9-15)8-10-4-2-5-12(10)16-13/h8H,2-7H2,1H3,(H,16,17). The fourth-order valence-corrected chi connectivity index (χ4v) is 2.77. The summed E-state index contributed by atoms with van der Waals surface area (Å²) in [5.41, 5.74) is 3.32. The highest BCUT2D eigenvalue weighted by Crippen LogP contribution is 2.35. The largest absolute Gasteiger partial charge is 0.364 e. The molecule has 0 atom stereocenters. The zero-order chi connectivity index (χ0) is 11.9. The van der Waals surface area contributed by atoms with Crippen molar-refractivity contribution in [2.75, 3.05) is 5.32 Å². The van der Waals surface area contributed by atoms with Gasteiger partial charge >= 0.3 is 0 Å². The molecule has 0 unspecified atom stereocenters. The number of nitrogens with zero attached hydrogens (tertiary/aromatic N) is 2. The number of rotatable bonds is 2. The molecule has 0 saturated heterocycles. The van der Waals surface area contributed by atoms with Crippen LogP contribution in [0.1, 0.15) is 49.4 Å². The Morgan fingerprint density at radius 2 is 2.18 bits per heavy atom. The van der Waals surface area contributed by atoms with E-state index in [0.717, 1.165) is 18.7 Å². The number of nitrogens with one attached hydrogen (secondary N) is 1. The van der Waals surface area contributed by atoms with Gasteiger partial charge in [0.1, 0.15) is 11.9 Å². The van der Waals surface area contributed by atoms with Gasteiger partial charge in [0, 0.05) is 11.2 Å². The lowest BCUT2D eigenvalue weighted by atomic mass is 9.78. The molecule has 2 aliphatic carbocycles. The van der Waals surface area contributed by atoms with E-state index in [1.165, 1.54) is 36.9 Å². The monoisotopic (exact) mass is 227 g/mol. The van der Waals surface area contributed by atoms with Crippen molar-refractivity contribution in [1.29, 1.82) is 5.26 Å². The maximum Gasteiger partial charge on any atom is 0.144 e. The second-order valence-electron chi connectivity index (χ2n) is 5.49. The lowest BCUT2D eigenvalue weighted by Crippen LogP contribution is -2.42. The van der Waals surface area contributed by atoms with E-state index in [-0.39, 0.29) is 5.54 Å². The molecule has 0 amide bonds. The highest BCUT2D eigenvalue weighted by molar-refractivity contribution is 5.56. The van der Waals surface area contributed by atoms with Gasteiger partial charge in [-0.05, 0) is 57.1 Å². The lowest BCUT2D eigenvalue weighted by molar-refractivity contribution is 0.305. The van der Waals surface area contributed by atoms with Crippen molar-refractivity contribution in [2.24, 2.45) is 0 Å². The molecule has 0 aromatic carbocycles. The Hall–Kier alpha value is -1.56. The Morgan fingerprint density at radius 3 is 2.82 bits per heavy atom. The Labute approximate surface area is 102 Å². The van der Waals surface area contributed by atoms with Crippen molar-refractivity contribution >= 4 is 5.82 Å². The highest BCUT2D eigenvalue weighted by atomic mass is 15.1. The number of fused-ring (bicyclic) bond motifs is 1. The van der Waals surface area contributed by atoms with E-state index in [1.54, 1.807) is 0 Å². The van der Waals surface area contributed by atoms with E-state index in [9.17, 15) is 5.26 Å². The van der Waals surface area contributed by atoms with Crippen LogP contribution in [0.5, 0.6) is 0 Å². The fraction of sp³-hybridized carbons (Fsp3) is 0.571. The summed E-state index contributed by atoms with van der Waals surface area (Å²) in [7, 11) is 0. The Kier molecular flexibility index (Phi) is 2.32. The van der Waals surface area contributed by atoms with Gasteiger partial charge in [0.2, 0.25) is 0 Å². The summed E-state index contributed by atoms with van der Waals surface area (Å²) >= 11 is 0. The maximum atomic E-state index is 9.21. The third-order valence-corrected chi connectivity index (χ3v) is 4.05. The van der Waals surface area contributed by atoms with Crippen molar-refractivity contribution in [1.82, 2.24) is 4.98 Å². The summed E-state index contributed by atoms with van der Waals surface area (Å²) in [6.45, 7) is 2.21. The molecule has 3 heteroatoms. The number of pyridine rings is 1. The molecule has 2 aliphatic rings. The topological polar surface area (TPSA) is 48.7 Å². The van der Waals surface area contributed by atoms with Crippen LogP contribution in [0.4, 0.5) is 5.82 Å². The van der Waals surface area contributed by atoms with Gasteiger partial charge in [-0.15, -0.1) is 0 Å². The molecular weight excluding hydrogens is 210 g/mol. The molecule has 1 heterocycles. The summed E-state index contributed by atoms with van der Waals surface area (Å²) in [5.74, 6) is 0.801. The first-order valence-corrected chi connectivity index (χ1v) is 6.41. The molecule has 1 aromatic rings. The molecule has 1 fully saturated rings. The Balaban J connectivity index is 1.95. The summed E-state index contributed by atoms with van der Waals surface area (Å²) < 4.78 is 0. The van der Waals surface area contributed by atoms with Crippen LogP contribution in [0.2, 0.25) is 0 Å². The van der Waals surface area contributed by atoms with Crippen LogP contribution in [-0.4, -0.2) is 10.5 Å². The average molecular weight is 227 g/mol. The van der Waals surface area contributed by atoms with Gasteiger partial charge in [-0.2, -0.15) is 5.26 Å². The number of hydrogen-bond acceptors (Lipinski definition) is 3. The molecule has 3 rings (SSSR count). The average Bonchev–Trinajstić information content (AvgIpc) is 2.72. The van der Waals surface area contributed by atoms with Crippen molar-refractivity contribution in [3.8, 4) is 6.07 Å². The van der Waals surface area contributed by atoms with Gasteiger partial charge in [0.15, 0.2) is 0 Å². The second-order valence-corrected chi connectivity index (χ2v) is 5.49. The smallest absolute Gasteiger partial charge is 0.144 e. The molecule has 17 heavy (non-hydrogen) atoms. The zero-order valence-electron chi connectivity index (χ0n) is 10.2. The van der Waals surface area contributed by atoms with Crippen molar-refractivity contribution in [3.05, 3.63) is 22.9 Å². The Morgan fingerprint density at radius 1 is 1.35 bits per heavy atom. The first-order chi connectivity index (χ1) is 8.20. The number of aromatic nitrogens is 1. The molecule has 1 aromatic heterocycles. The predicted octanol–water partition coefficient (Wildman–Crippen LogP) is 2.80. The van der Waals surface area contributed by atoms with E-state index in [1.807, 2.05) is 6.07 Å². The van der Waals surface area contributed by atoms with Gasteiger partial charge in [-0.1, -0.05) is 0 Å². The molecule has 1 N–H and O–H groups in total. The SMILES string of the molecule is CC1(Nc2nc3c(cc2C#N)CCC3)CCC1. The third-order valence-electron chi connectivity index (χ3n) is 4.05. The van der Waals surface area contributed by atoms with Crippen LogP contribution >= 0.6 is 0 Å². The van der Waals surface area contributed by atoms with E-state index < -0.39 is 0 Å². The van der Waals surface area contributed by atoms with E-state index in [4.69, 9.17) is 0 Å². The minimum Gasteiger partial charge on any atom is -0.364 e. The van der Waals surface area contributed by atoms with Crippen LogP contribution in [0, 0.1) is 11.3 Å². The van der Waals surface area contributed by atoms with Crippen LogP contribution in [0.25, 0.3) is 0 Å². The molecule has 0 bridgehead atoms. The second kappa shape index (κ2) is 3.73. The molecule has 1 saturated carbocycles. The molecule has 0 spiro atoms. The number of anilines is 1. The van der Waals surface area contributed by atoms with Crippen LogP contribution in [-0.2, 0) is 12.8 Å². The van der Waals surface area contributed by atoms with Crippen molar-refractivity contribution < 1.29 is 0 Å². The fourth-order valence-electron chi connectivity index (χ4n) is 2.77. The molecule has 0 aliphatic heterocycles. The number of aryl methyl sites for hydroxylation is 2. The van der Waals surface area contributed by atoms with Gasteiger partial charge in [0.05, 0.1) is 5.56 Å². The van der Waals surface area contributed by atoms with Crippen LogP contribution in [0.3, 0.4) is 0 Å². The first kappa shape index (κ1) is 10.6. The Bertz CT molecular complexity index is 495. The molecule has 0 radical (unpaired) electrons. The van der Waals surface area contributed by atoms with Crippen LogP contribution in [0.15, 0.2) is 6.07 Å². The predicted molar refractivity (Wildman–Crippen MR) is 66.9 cm³/mol. The molecular formula is C14H17N3. The summed E-state index contributed by atoms with van der Waals surface area (Å²) in [6, 6.07) is 4.30. The quantitative estimate of drug-likeness (QED) is 0.845. The van der Waals surface area contributed by atoms with Gasteiger partial charge in [-0.3, -0.25) is 0 Å². The van der Waals surface area contributed by atoms with E-state index >= 15 is 0 Å². The highest BCUT2D eigenvalue weighted by Gasteiger charge is 2.32. The minimum absolute atomic E-state index is 0.158. The maximum absolute atomic E-state index is 9.21. The van der Waals surface area contributed by atoms with Crippen molar-refractivity contribution in [2.45, 2.75) is 51.0 Å².